The van der Waals surface area contributed by atoms with Gasteiger partial charge < -0.3 is 18.4 Å². The first-order valence-electron chi connectivity index (χ1n) is 8.36. The van der Waals surface area contributed by atoms with Gasteiger partial charge in [-0.1, -0.05) is 30.3 Å². The number of nitrogens with zero attached hydrogens (tertiary/aromatic N) is 1. The summed E-state index contributed by atoms with van der Waals surface area (Å²) in [5.41, 5.74) is 1.85. The van der Waals surface area contributed by atoms with E-state index in [1.807, 2.05) is 13.0 Å². The highest BCUT2D eigenvalue weighted by Gasteiger charge is 2.25. The maximum Gasteiger partial charge on any atom is 0.374 e. The first-order valence-corrected chi connectivity index (χ1v) is 8.36. The predicted molar refractivity (Wildman–Crippen MR) is 91.9 cm³/mol. The molecule has 3 aromatic rings. The van der Waals surface area contributed by atoms with Gasteiger partial charge in [0.2, 0.25) is 5.76 Å². The van der Waals surface area contributed by atoms with Crippen LogP contribution >= 0.6 is 0 Å². The molecule has 0 saturated heterocycles. The van der Waals surface area contributed by atoms with Crippen LogP contribution in [0.15, 0.2) is 33.2 Å². The Hall–Kier alpha value is -3.09. The van der Waals surface area contributed by atoms with Gasteiger partial charge in [-0.2, -0.15) is 0 Å². The Balaban J connectivity index is 1.90. The minimum absolute atomic E-state index is 0.0404. The third-order valence-electron chi connectivity index (χ3n) is 3.98. The van der Waals surface area contributed by atoms with Crippen molar-refractivity contribution in [3.8, 4) is 0 Å². The Bertz CT molecular complexity index is 952. The maximum atomic E-state index is 12.5. The number of para-hydroxylation sites is 1. The molecular weight excluding hydrogens is 338 g/mol. The number of hydrogen-bond acceptors (Lipinski definition) is 7. The molecule has 0 fully saturated rings. The normalized spacial score (nSPS) is 10.9. The van der Waals surface area contributed by atoms with Crippen LogP contribution in [0.4, 0.5) is 0 Å². The van der Waals surface area contributed by atoms with Gasteiger partial charge in [-0.15, -0.1) is 0 Å². The van der Waals surface area contributed by atoms with Crippen molar-refractivity contribution in [2.45, 2.75) is 33.8 Å². The SMILES string of the molecule is CCOC(=O)c1oc2ccccc2c1COC(=O)c1c(CC)noc1C. The number of aryl methyl sites for hydroxylation is 2. The van der Waals surface area contributed by atoms with E-state index >= 15 is 0 Å². The lowest BCUT2D eigenvalue weighted by molar-refractivity contribution is 0.0433. The number of hydrogen-bond donors (Lipinski definition) is 0. The Morgan fingerprint density at radius 1 is 1.12 bits per heavy atom. The summed E-state index contributed by atoms with van der Waals surface area (Å²) in [4.78, 5) is 24.7. The molecule has 2 heterocycles. The quantitative estimate of drug-likeness (QED) is 0.619. The first-order chi connectivity index (χ1) is 12.6. The molecule has 0 amide bonds. The summed E-state index contributed by atoms with van der Waals surface area (Å²) in [6.07, 6.45) is 0.546. The van der Waals surface area contributed by atoms with Gasteiger partial charge in [0.15, 0.2) is 0 Å². The number of aromatic nitrogens is 1. The second-order valence-electron chi connectivity index (χ2n) is 5.62. The average molecular weight is 357 g/mol. The molecule has 0 unspecified atom stereocenters. The number of carbonyl (C=O) groups excluding carboxylic acids is 2. The van der Waals surface area contributed by atoms with Crippen LogP contribution in [-0.4, -0.2) is 23.7 Å². The first kappa shape index (κ1) is 17.7. The fourth-order valence-electron chi connectivity index (χ4n) is 2.73. The van der Waals surface area contributed by atoms with Crippen molar-refractivity contribution < 1.29 is 28.0 Å². The fraction of sp³-hybridized carbons (Fsp3) is 0.316. The Kier molecular flexibility index (Phi) is 5.06. The molecule has 0 N–H and O–H groups in total. The molecule has 0 atom stereocenters. The van der Waals surface area contributed by atoms with E-state index in [2.05, 4.69) is 5.16 Å². The lowest BCUT2D eigenvalue weighted by atomic mass is 10.1. The summed E-state index contributed by atoms with van der Waals surface area (Å²) < 4.78 is 21.1. The van der Waals surface area contributed by atoms with Gasteiger partial charge in [0.25, 0.3) is 0 Å². The van der Waals surface area contributed by atoms with Crippen molar-refractivity contribution in [3.63, 3.8) is 0 Å². The largest absolute Gasteiger partial charge is 0.460 e. The van der Waals surface area contributed by atoms with Gasteiger partial charge in [-0.05, 0) is 26.3 Å². The van der Waals surface area contributed by atoms with Gasteiger partial charge >= 0.3 is 11.9 Å². The van der Waals surface area contributed by atoms with Crippen molar-refractivity contribution >= 4 is 22.9 Å². The van der Waals surface area contributed by atoms with E-state index in [1.54, 1.807) is 32.0 Å². The minimum Gasteiger partial charge on any atom is -0.460 e. The fourth-order valence-corrected chi connectivity index (χ4v) is 2.73. The third kappa shape index (κ3) is 3.20. The molecule has 26 heavy (non-hydrogen) atoms. The molecule has 0 aliphatic heterocycles. The molecule has 0 aliphatic rings. The molecular formula is C19H19NO6. The molecule has 1 aromatic carbocycles. The zero-order chi connectivity index (χ0) is 18.7. The van der Waals surface area contributed by atoms with Gasteiger partial charge in [0.05, 0.1) is 17.9 Å². The maximum absolute atomic E-state index is 12.5. The molecule has 0 aliphatic carbocycles. The lowest BCUT2D eigenvalue weighted by Gasteiger charge is -2.06. The van der Waals surface area contributed by atoms with Crippen molar-refractivity contribution in [3.05, 3.63) is 52.6 Å². The van der Waals surface area contributed by atoms with Crippen molar-refractivity contribution in [1.29, 1.82) is 0 Å². The number of esters is 2. The van der Waals surface area contributed by atoms with Crippen LogP contribution < -0.4 is 0 Å². The van der Waals surface area contributed by atoms with Gasteiger partial charge in [0, 0.05) is 5.39 Å². The van der Waals surface area contributed by atoms with Crippen LogP contribution in [0, 0.1) is 6.92 Å². The number of carbonyl (C=O) groups is 2. The number of fused-ring (bicyclic) bond motifs is 1. The van der Waals surface area contributed by atoms with Crippen LogP contribution in [0.25, 0.3) is 11.0 Å². The smallest absolute Gasteiger partial charge is 0.374 e. The number of ether oxygens (including phenoxy) is 2. The highest BCUT2D eigenvalue weighted by Crippen LogP contribution is 2.28. The van der Waals surface area contributed by atoms with Crippen LogP contribution in [0.3, 0.4) is 0 Å². The molecule has 7 nitrogen and oxygen atoms in total. The van der Waals surface area contributed by atoms with Crippen LogP contribution in [0.2, 0.25) is 0 Å². The van der Waals surface area contributed by atoms with Gasteiger partial charge in [-0.3, -0.25) is 0 Å². The summed E-state index contributed by atoms with van der Waals surface area (Å²) in [5, 5.41) is 4.55. The van der Waals surface area contributed by atoms with Gasteiger partial charge in [0.1, 0.15) is 23.5 Å². The monoisotopic (exact) mass is 357 g/mol. The van der Waals surface area contributed by atoms with E-state index in [0.29, 0.717) is 40.0 Å². The van der Waals surface area contributed by atoms with E-state index in [4.69, 9.17) is 18.4 Å². The van der Waals surface area contributed by atoms with E-state index in [1.165, 1.54) is 0 Å². The van der Waals surface area contributed by atoms with Crippen LogP contribution in [0.1, 0.15) is 51.8 Å². The molecule has 2 aromatic heterocycles. The second-order valence-corrected chi connectivity index (χ2v) is 5.62. The number of furan rings is 1. The zero-order valence-corrected chi connectivity index (χ0v) is 14.8. The molecule has 0 bridgehead atoms. The zero-order valence-electron chi connectivity index (χ0n) is 14.8. The molecule has 0 spiro atoms. The number of rotatable bonds is 6. The van der Waals surface area contributed by atoms with Crippen molar-refractivity contribution in [1.82, 2.24) is 5.16 Å². The predicted octanol–water partition coefficient (Wildman–Crippen LogP) is 3.83. The summed E-state index contributed by atoms with van der Waals surface area (Å²) in [7, 11) is 0. The van der Waals surface area contributed by atoms with Gasteiger partial charge in [-0.25, -0.2) is 9.59 Å². The standard InChI is InChI=1S/C19H19NO6/c1-4-14-16(11(3)26-20-14)18(21)24-10-13-12-8-6-7-9-15(12)25-17(13)19(22)23-5-2/h6-9H,4-5,10H2,1-3H3. The second kappa shape index (κ2) is 7.43. The van der Waals surface area contributed by atoms with Crippen LogP contribution in [0.5, 0.6) is 0 Å². The molecule has 0 saturated carbocycles. The van der Waals surface area contributed by atoms with E-state index in [-0.39, 0.29) is 19.0 Å². The number of benzene rings is 1. The summed E-state index contributed by atoms with van der Waals surface area (Å²) in [6, 6.07) is 7.15. The van der Waals surface area contributed by atoms with Crippen LogP contribution in [-0.2, 0) is 22.5 Å². The molecule has 3 rings (SSSR count). The van der Waals surface area contributed by atoms with E-state index < -0.39 is 11.9 Å². The third-order valence-corrected chi connectivity index (χ3v) is 3.98. The summed E-state index contributed by atoms with van der Waals surface area (Å²) in [5.74, 6) is -0.709. The highest BCUT2D eigenvalue weighted by atomic mass is 16.5. The molecule has 136 valence electrons. The van der Waals surface area contributed by atoms with Crippen molar-refractivity contribution in [2.24, 2.45) is 0 Å². The Morgan fingerprint density at radius 2 is 1.88 bits per heavy atom. The topological polar surface area (TPSA) is 91.8 Å². The average Bonchev–Trinajstić information content (AvgIpc) is 3.20. The van der Waals surface area contributed by atoms with E-state index in [0.717, 1.165) is 0 Å². The van der Waals surface area contributed by atoms with E-state index in [9.17, 15) is 9.59 Å². The minimum atomic E-state index is -0.592. The van der Waals surface area contributed by atoms with Crippen molar-refractivity contribution in [2.75, 3.05) is 6.61 Å². The molecule has 0 radical (unpaired) electrons. The summed E-state index contributed by atoms with van der Waals surface area (Å²) >= 11 is 0. The Morgan fingerprint density at radius 3 is 2.62 bits per heavy atom. The molecule has 7 heteroatoms. The Labute approximate surface area is 149 Å². The lowest BCUT2D eigenvalue weighted by Crippen LogP contribution is -2.11. The summed E-state index contributed by atoms with van der Waals surface area (Å²) in [6.45, 7) is 5.32. The highest BCUT2D eigenvalue weighted by molar-refractivity contribution is 5.96.